The minimum atomic E-state index is -0.410. The van der Waals surface area contributed by atoms with Gasteiger partial charge in [-0.1, -0.05) is 34.4 Å². The van der Waals surface area contributed by atoms with Gasteiger partial charge in [0.2, 0.25) is 5.89 Å². The van der Waals surface area contributed by atoms with Crippen LogP contribution in [0.5, 0.6) is 0 Å². The number of thioether (sulfide) groups is 1. The molecule has 106 valence electrons. The van der Waals surface area contributed by atoms with Gasteiger partial charge in [-0.3, -0.25) is 0 Å². The van der Waals surface area contributed by atoms with E-state index in [0.717, 1.165) is 11.3 Å². The van der Waals surface area contributed by atoms with E-state index in [1.807, 2.05) is 6.07 Å². The highest BCUT2D eigenvalue weighted by Gasteiger charge is 2.32. The summed E-state index contributed by atoms with van der Waals surface area (Å²) in [7, 11) is 0. The normalized spacial score (nSPS) is 22.4. The second-order valence-corrected chi connectivity index (χ2v) is 6.59. The van der Waals surface area contributed by atoms with E-state index in [4.69, 9.17) is 27.7 Å². The Morgan fingerprint density at radius 3 is 2.90 bits per heavy atom. The molecule has 1 aliphatic heterocycles. The quantitative estimate of drug-likeness (QED) is 0.936. The fraction of sp³-hybridized carbons (Fsp3) is 0.385. The number of nitrogens with zero attached hydrogens (tertiary/aromatic N) is 2. The van der Waals surface area contributed by atoms with Crippen LogP contribution in [0.15, 0.2) is 22.7 Å². The van der Waals surface area contributed by atoms with Gasteiger partial charge in [0.05, 0.1) is 12.0 Å². The van der Waals surface area contributed by atoms with Crippen molar-refractivity contribution in [1.82, 2.24) is 10.1 Å². The molecule has 2 aromatic rings. The minimum absolute atomic E-state index is 0.0676. The smallest absolute Gasteiger partial charge is 0.233 e. The lowest BCUT2D eigenvalue weighted by Gasteiger charge is -2.06. The molecule has 0 saturated carbocycles. The van der Waals surface area contributed by atoms with Crippen molar-refractivity contribution in [2.24, 2.45) is 0 Å². The average Bonchev–Trinajstić information content (AvgIpc) is 3.01. The molecule has 1 saturated heterocycles. The van der Waals surface area contributed by atoms with Crippen molar-refractivity contribution < 1.29 is 9.63 Å². The summed E-state index contributed by atoms with van der Waals surface area (Å²) in [5, 5.41) is 15.0. The van der Waals surface area contributed by atoms with Crippen molar-refractivity contribution >= 4 is 35.0 Å². The van der Waals surface area contributed by atoms with E-state index in [1.165, 1.54) is 0 Å². The first-order valence-corrected chi connectivity index (χ1v) is 8.07. The predicted octanol–water partition coefficient (Wildman–Crippen LogP) is 3.16. The van der Waals surface area contributed by atoms with E-state index in [0.29, 0.717) is 33.9 Å². The third kappa shape index (κ3) is 2.96. The summed E-state index contributed by atoms with van der Waals surface area (Å²) in [6.07, 6.45) is 0.0718. The van der Waals surface area contributed by atoms with Gasteiger partial charge in [0.25, 0.3) is 0 Å². The van der Waals surface area contributed by atoms with Crippen LogP contribution in [0.3, 0.4) is 0 Å². The van der Waals surface area contributed by atoms with Crippen LogP contribution in [-0.2, 0) is 6.42 Å². The topological polar surface area (TPSA) is 59.2 Å². The van der Waals surface area contributed by atoms with E-state index in [-0.39, 0.29) is 5.92 Å². The van der Waals surface area contributed by atoms with Gasteiger partial charge in [0.15, 0.2) is 5.82 Å². The zero-order chi connectivity index (χ0) is 14.1. The molecule has 1 aromatic heterocycles. The van der Waals surface area contributed by atoms with Crippen molar-refractivity contribution in [2.45, 2.75) is 18.4 Å². The van der Waals surface area contributed by atoms with Crippen LogP contribution in [0.1, 0.15) is 23.2 Å². The van der Waals surface area contributed by atoms with Crippen molar-refractivity contribution in [3.05, 3.63) is 45.5 Å². The summed E-state index contributed by atoms with van der Waals surface area (Å²) in [5.41, 5.74) is 0.893. The lowest BCUT2D eigenvalue weighted by atomic mass is 10.1. The summed E-state index contributed by atoms with van der Waals surface area (Å²) in [5.74, 6) is 2.52. The van der Waals surface area contributed by atoms with Crippen molar-refractivity contribution in [3.8, 4) is 0 Å². The van der Waals surface area contributed by atoms with E-state index in [9.17, 15) is 5.11 Å². The minimum Gasteiger partial charge on any atom is -0.391 e. The van der Waals surface area contributed by atoms with Gasteiger partial charge in [-0.25, -0.2) is 0 Å². The summed E-state index contributed by atoms with van der Waals surface area (Å²) < 4.78 is 5.25. The molecule has 0 radical (unpaired) electrons. The Morgan fingerprint density at radius 1 is 1.35 bits per heavy atom. The fourth-order valence-electron chi connectivity index (χ4n) is 2.10. The van der Waals surface area contributed by atoms with Gasteiger partial charge in [-0.15, -0.1) is 0 Å². The monoisotopic (exact) mass is 330 g/mol. The number of hydrogen-bond acceptors (Lipinski definition) is 5. The summed E-state index contributed by atoms with van der Waals surface area (Å²) in [6.45, 7) is 0. The van der Waals surface area contributed by atoms with Gasteiger partial charge in [-0.2, -0.15) is 16.7 Å². The number of aliphatic hydroxyl groups excluding tert-OH is 1. The number of aromatic nitrogens is 2. The fourth-order valence-corrected chi connectivity index (χ4v) is 3.81. The molecule has 1 N–H and O–H groups in total. The molecule has 1 fully saturated rings. The second kappa shape index (κ2) is 5.93. The van der Waals surface area contributed by atoms with Crippen LogP contribution in [-0.4, -0.2) is 32.9 Å². The highest BCUT2D eigenvalue weighted by molar-refractivity contribution is 7.99. The van der Waals surface area contributed by atoms with Gasteiger partial charge in [0.1, 0.15) is 0 Å². The average molecular weight is 331 g/mol. The van der Waals surface area contributed by atoms with Gasteiger partial charge < -0.3 is 9.63 Å². The van der Waals surface area contributed by atoms with E-state index in [2.05, 4.69) is 10.1 Å². The SMILES string of the molecule is OC1CSCC1c1nc(Cc2ccc(Cl)cc2Cl)no1. The Kier molecular flexibility index (Phi) is 4.21. The number of aliphatic hydroxyl groups is 1. The van der Waals surface area contributed by atoms with Crippen LogP contribution < -0.4 is 0 Å². The number of benzene rings is 1. The van der Waals surface area contributed by atoms with Gasteiger partial charge >= 0.3 is 0 Å². The molecule has 0 amide bonds. The molecular weight excluding hydrogens is 319 g/mol. The number of halogens is 2. The predicted molar refractivity (Wildman–Crippen MR) is 79.6 cm³/mol. The van der Waals surface area contributed by atoms with Crippen LogP contribution in [0.25, 0.3) is 0 Å². The molecule has 3 rings (SSSR count). The molecule has 0 aliphatic carbocycles. The molecule has 0 bridgehead atoms. The lowest BCUT2D eigenvalue weighted by Crippen LogP contribution is -2.15. The summed E-state index contributed by atoms with van der Waals surface area (Å²) in [4.78, 5) is 4.36. The Bertz CT molecular complexity index is 620. The Hall–Kier alpha value is -0.750. The first-order valence-electron chi connectivity index (χ1n) is 6.15. The molecule has 2 heterocycles. The molecule has 0 spiro atoms. The summed E-state index contributed by atoms with van der Waals surface area (Å²) >= 11 is 13.7. The maximum absolute atomic E-state index is 9.83. The molecule has 1 aliphatic rings. The molecule has 7 heteroatoms. The molecule has 20 heavy (non-hydrogen) atoms. The zero-order valence-corrected chi connectivity index (χ0v) is 12.8. The third-order valence-corrected chi connectivity index (χ3v) is 4.97. The molecule has 1 aromatic carbocycles. The highest BCUT2D eigenvalue weighted by Crippen LogP contribution is 2.32. The van der Waals surface area contributed by atoms with E-state index < -0.39 is 6.10 Å². The zero-order valence-electron chi connectivity index (χ0n) is 10.4. The molecular formula is C13H12Cl2N2O2S. The third-order valence-electron chi connectivity index (χ3n) is 3.22. The number of rotatable bonds is 3. The maximum atomic E-state index is 9.83. The van der Waals surface area contributed by atoms with E-state index >= 15 is 0 Å². The van der Waals surface area contributed by atoms with Crippen LogP contribution >= 0.6 is 35.0 Å². The lowest BCUT2D eigenvalue weighted by molar-refractivity contribution is 0.164. The first kappa shape index (κ1) is 14.2. The Morgan fingerprint density at radius 2 is 2.20 bits per heavy atom. The van der Waals surface area contributed by atoms with Gasteiger partial charge in [0, 0.05) is 28.0 Å². The highest BCUT2D eigenvalue weighted by atomic mass is 35.5. The molecule has 2 unspecified atom stereocenters. The largest absolute Gasteiger partial charge is 0.391 e. The van der Waals surface area contributed by atoms with Crippen molar-refractivity contribution in [1.29, 1.82) is 0 Å². The molecule has 4 nitrogen and oxygen atoms in total. The number of hydrogen-bond donors (Lipinski definition) is 1. The Balaban J connectivity index is 1.77. The van der Waals surface area contributed by atoms with Crippen LogP contribution in [0.2, 0.25) is 10.0 Å². The molecule has 2 atom stereocenters. The van der Waals surface area contributed by atoms with Crippen molar-refractivity contribution in [3.63, 3.8) is 0 Å². The van der Waals surface area contributed by atoms with Crippen LogP contribution in [0.4, 0.5) is 0 Å². The maximum Gasteiger partial charge on any atom is 0.233 e. The second-order valence-electron chi connectivity index (χ2n) is 4.67. The van der Waals surface area contributed by atoms with Gasteiger partial charge in [-0.05, 0) is 17.7 Å². The van der Waals surface area contributed by atoms with Crippen LogP contribution in [0, 0.1) is 0 Å². The van der Waals surface area contributed by atoms with Crippen molar-refractivity contribution in [2.75, 3.05) is 11.5 Å². The Labute approximate surface area is 130 Å². The standard InChI is InChI=1S/C13H12Cl2N2O2S/c14-8-2-1-7(10(15)4-8)3-12-16-13(19-17-12)9-5-20-6-11(9)18/h1-2,4,9,11,18H,3,5-6H2. The first-order chi connectivity index (χ1) is 9.63. The van der Waals surface area contributed by atoms with E-state index in [1.54, 1.807) is 23.9 Å². The summed E-state index contributed by atoms with van der Waals surface area (Å²) in [6, 6.07) is 5.32.